The van der Waals surface area contributed by atoms with Gasteiger partial charge in [0.15, 0.2) is 0 Å². The fourth-order valence-electron chi connectivity index (χ4n) is 1.66. The number of hydrogen-bond acceptors (Lipinski definition) is 4. The van der Waals surface area contributed by atoms with Crippen LogP contribution in [0, 0.1) is 5.92 Å². The highest BCUT2D eigenvalue weighted by atomic mass is 32.2. The first-order chi connectivity index (χ1) is 8.47. The summed E-state index contributed by atoms with van der Waals surface area (Å²) in [5, 5.41) is 14.6. The van der Waals surface area contributed by atoms with Crippen molar-refractivity contribution in [3.05, 3.63) is 0 Å². The molecule has 1 amide bonds. The molecule has 0 fully saturated rings. The second-order valence-corrected chi connectivity index (χ2v) is 5.32. The Morgan fingerprint density at radius 2 is 2.00 bits per heavy atom. The third kappa shape index (κ3) is 5.73. The minimum absolute atomic E-state index is 0.171. The third-order valence-electron chi connectivity index (χ3n) is 3.03. The van der Waals surface area contributed by atoms with E-state index >= 15 is 0 Å². The zero-order valence-corrected chi connectivity index (χ0v) is 12.3. The van der Waals surface area contributed by atoms with Crippen molar-refractivity contribution in [2.45, 2.75) is 38.8 Å². The molecule has 0 saturated carbocycles. The SMILES string of the molecule is CC[C@H](C)[C@H](NC)C(=O)N[C@@H](CCSC)C(=O)O. The molecule has 5 nitrogen and oxygen atoms in total. The number of thioether (sulfide) groups is 1. The number of rotatable bonds is 9. The van der Waals surface area contributed by atoms with Crippen LogP contribution in [0.5, 0.6) is 0 Å². The molecule has 0 saturated heterocycles. The quantitative estimate of drug-likeness (QED) is 0.584. The summed E-state index contributed by atoms with van der Waals surface area (Å²) in [6.45, 7) is 3.98. The number of carbonyl (C=O) groups is 2. The number of likely N-dealkylation sites (N-methyl/N-ethyl adjacent to an activating group) is 1. The average Bonchev–Trinajstić information content (AvgIpc) is 2.34. The minimum atomic E-state index is -0.976. The maximum absolute atomic E-state index is 12.0. The molecular weight excluding hydrogens is 252 g/mol. The molecule has 3 N–H and O–H groups in total. The van der Waals surface area contributed by atoms with Crippen molar-refractivity contribution in [2.75, 3.05) is 19.1 Å². The average molecular weight is 276 g/mol. The summed E-state index contributed by atoms with van der Waals surface area (Å²) in [5.41, 5.74) is 0. The Labute approximate surface area is 113 Å². The van der Waals surface area contributed by atoms with Crippen molar-refractivity contribution in [1.82, 2.24) is 10.6 Å². The van der Waals surface area contributed by atoms with Gasteiger partial charge in [0, 0.05) is 0 Å². The zero-order valence-electron chi connectivity index (χ0n) is 11.5. The molecule has 18 heavy (non-hydrogen) atoms. The normalized spacial score (nSPS) is 15.8. The maximum Gasteiger partial charge on any atom is 0.326 e. The summed E-state index contributed by atoms with van der Waals surface area (Å²) in [6, 6.07) is -1.14. The predicted molar refractivity (Wildman–Crippen MR) is 74.9 cm³/mol. The number of aliphatic carboxylic acids is 1. The Balaban J connectivity index is 4.51. The molecule has 6 heteroatoms. The number of hydrogen-bond donors (Lipinski definition) is 3. The van der Waals surface area contributed by atoms with Crippen LogP contribution in [0.2, 0.25) is 0 Å². The van der Waals surface area contributed by atoms with Gasteiger partial charge in [-0.15, -0.1) is 0 Å². The monoisotopic (exact) mass is 276 g/mol. The Hall–Kier alpha value is -0.750. The molecule has 0 aliphatic carbocycles. The van der Waals surface area contributed by atoms with E-state index in [1.165, 1.54) is 0 Å². The van der Waals surface area contributed by atoms with E-state index in [2.05, 4.69) is 10.6 Å². The molecule has 0 unspecified atom stereocenters. The number of carboxylic acid groups (broad SMARTS) is 1. The highest BCUT2D eigenvalue weighted by molar-refractivity contribution is 7.98. The molecule has 0 heterocycles. The van der Waals surface area contributed by atoms with Crippen LogP contribution in [0.15, 0.2) is 0 Å². The van der Waals surface area contributed by atoms with Crippen LogP contribution in [-0.2, 0) is 9.59 Å². The fourth-order valence-corrected chi connectivity index (χ4v) is 2.14. The standard InChI is InChI=1S/C12H24N2O3S/c1-5-8(2)10(13-3)11(15)14-9(12(16)17)6-7-18-4/h8-10,13H,5-7H2,1-4H3,(H,14,15)(H,16,17)/t8-,9-,10-/m0/s1. The van der Waals surface area contributed by atoms with Gasteiger partial charge in [0.2, 0.25) is 5.91 Å². The maximum atomic E-state index is 12.0. The van der Waals surface area contributed by atoms with Crippen molar-refractivity contribution in [3.8, 4) is 0 Å². The number of carboxylic acids is 1. The van der Waals surface area contributed by atoms with Crippen LogP contribution < -0.4 is 10.6 Å². The van der Waals surface area contributed by atoms with E-state index in [9.17, 15) is 9.59 Å². The third-order valence-corrected chi connectivity index (χ3v) is 3.68. The van der Waals surface area contributed by atoms with E-state index in [1.807, 2.05) is 20.1 Å². The van der Waals surface area contributed by atoms with Gasteiger partial charge in [-0.1, -0.05) is 20.3 Å². The van der Waals surface area contributed by atoms with Crippen molar-refractivity contribution in [1.29, 1.82) is 0 Å². The van der Waals surface area contributed by atoms with Crippen LogP contribution in [0.3, 0.4) is 0 Å². The first kappa shape index (κ1) is 17.2. The molecule has 0 aliphatic rings. The Kier molecular flexibility index (Phi) is 8.83. The summed E-state index contributed by atoms with van der Waals surface area (Å²) in [4.78, 5) is 23.1. The highest BCUT2D eigenvalue weighted by Crippen LogP contribution is 2.08. The van der Waals surface area contributed by atoms with Gasteiger partial charge in [-0.3, -0.25) is 4.79 Å². The minimum Gasteiger partial charge on any atom is -0.480 e. The van der Waals surface area contributed by atoms with Crippen molar-refractivity contribution < 1.29 is 14.7 Å². The summed E-state index contributed by atoms with van der Waals surface area (Å²) in [7, 11) is 1.72. The van der Waals surface area contributed by atoms with E-state index in [1.54, 1.807) is 18.8 Å². The molecule has 0 radical (unpaired) electrons. The molecule has 3 atom stereocenters. The van der Waals surface area contributed by atoms with E-state index in [0.29, 0.717) is 12.2 Å². The van der Waals surface area contributed by atoms with Crippen molar-refractivity contribution >= 4 is 23.6 Å². The number of carbonyl (C=O) groups excluding carboxylic acids is 1. The summed E-state index contributed by atoms with van der Waals surface area (Å²) in [6.07, 6.45) is 3.22. The van der Waals surface area contributed by atoms with E-state index in [-0.39, 0.29) is 17.9 Å². The lowest BCUT2D eigenvalue weighted by atomic mass is 9.98. The first-order valence-corrected chi connectivity index (χ1v) is 7.56. The molecular formula is C12H24N2O3S. The summed E-state index contributed by atoms with van der Waals surface area (Å²) >= 11 is 1.57. The summed E-state index contributed by atoms with van der Waals surface area (Å²) in [5.74, 6) is -0.327. The first-order valence-electron chi connectivity index (χ1n) is 6.17. The molecule has 0 aliphatic heterocycles. The molecule has 0 rings (SSSR count). The second kappa shape index (κ2) is 9.22. The lowest BCUT2D eigenvalue weighted by molar-refractivity contribution is -0.142. The summed E-state index contributed by atoms with van der Waals surface area (Å²) < 4.78 is 0. The smallest absolute Gasteiger partial charge is 0.326 e. The van der Waals surface area contributed by atoms with Crippen LogP contribution >= 0.6 is 11.8 Å². The van der Waals surface area contributed by atoms with E-state index < -0.39 is 12.0 Å². The molecule has 0 spiro atoms. The molecule has 0 bridgehead atoms. The molecule has 0 aromatic carbocycles. The zero-order chi connectivity index (χ0) is 14.1. The van der Waals surface area contributed by atoms with Crippen LogP contribution in [0.25, 0.3) is 0 Å². The Morgan fingerprint density at radius 3 is 2.39 bits per heavy atom. The lowest BCUT2D eigenvalue weighted by Crippen LogP contribution is -2.51. The highest BCUT2D eigenvalue weighted by Gasteiger charge is 2.26. The van der Waals surface area contributed by atoms with E-state index in [0.717, 1.165) is 6.42 Å². The topological polar surface area (TPSA) is 78.4 Å². The number of amides is 1. The largest absolute Gasteiger partial charge is 0.480 e. The van der Waals surface area contributed by atoms with Gasteiger partial charge >= 0.3 is 5.97 Å². The van der Waals surface area contributed by atoms with Gasteiger partial charge in [-0.25, -0.2) is 4.79 Å². The fraction of sp³-hybridized carbons (Fsp3) is 0.833. The predicted octanol–water partition coefficient (Wildman–Crippen LogP) is 0.943. The Bertz CT molecular complexity index is 274. The molecule has 0 aromatic rings. The van der Waals surface area contributed by atoms with Gasteiger partial charge in [0.05, 0.1) is 6.04 Å². The Morgan fingerprint density at radius 1 is 1.39 bits per heavy atom. The molecule has 106 valence electrons. The molecule has 0 aromatic heterocycles. The van der Waals surface area contributed by atoms with E-state index in [4.69, 9.17) is 5.11 Å². The van der Waals surface area contributed by atoms with Crippen molar-refractivity contribution in [2.24, 2.45) is 5.92 Å². The van der Waals surface area contributed by atoms with Gasteiger partial charge in [-0.2, -0.15) is 11.8 Å². The van der Waals surface area contributed by atoms with Crippen molar-refractivity contribution in [3.63, 3.8) is 0 Å². The second-order valence-electron chi connectivity index (χ2n) is 4.33. The lowest BCUT2D eigenvalue weighted by Gasteiger charge is -2.23. The number of nitrogens with one attached hydrogen (secondary N) is 2. The van der Waals surface area contributed by atoms with Gasteiger partial charge in [0.25, 0.3) is 0 Å². The van der Waals surface area contributed by atoms with Gasteiger partial charge in [0.1, 0.15) is 6.04 Å². The van der Waals surface area contributed by atoms with Crippen LogP contribution in [0.1, 0.15) is 26.7 Å². The van der Waals surface area contributed by atoms with Crippen LogP contribution in [-0.4, -0.2) is 48.1 Å². The van der Waals surface area contributed by atoms with Gasteiger partial charge in [-0.05, 0) is 31.4 Å². The van der Waals surface area contributed by atoms with Gasteiger partial charge < -0.3 is 15.7 Å². The van der Waals surface area contributed by atoms with Crippen LogP contribution in [0.4, 0.5) is 0 Å².